The first-order valence-corrected chi connectivity index (χ1v) is 8.06. The van der Waals surface area contributed by atoms with Gasteiger partial charge in [-0.3, -0.25) is 4.79 Å². The summed E-state index contributed by atoms with van der Waals surface area (Å²) in [5.74, 6) is -0.162. The second kappa shape index (κ2) is 6.68. The first kappa shape index (κ1) is 15.8. The lowest BCUT2D eigenvalue weighted by Gasteiger charge is -2.11. The number of para-hydroxylation sites is 1. The van der Waals surface area contributed by atoms with E-state index in [1.54, 1.807) is 16.8 Å². The van der Waals surface area contributed by atoms with Gasteiger partial charge >= 0.3 is 0 Å². The van der Waals surface area contributed by atoms with Gasteiger partial charge in [0, 0.05) is 18.1 Å². The highest BCUT2D eigenvalue weighted by molar-refractivity contribution is 6.06. The van der Waals surface area contributed by atoms with Gasteiger partial charge in [0.1, 0.15) is 11.4 Å². The van der Waals surface area contributed by atoms with E-state index in [0.717, 1.165) is 5.69 Å². The van der Waals surface area contributed by atoms with Gasteiger partial charge < -0.3 is 9.88 Å². The molecule has 6 heteroatoms. The number of benzene rings is 2. The van der Waals surface area contributed by atoms with Crippen LogP contribution in [0, 0.1) is 5.82 Å². The number of rotatable bonds is 4. The number of anilines is 1. The van der Waals surface area contributed by atoms with Crippen LogP contribution in [0.2, 0.25) is 0 Å². The molecule has 2 aromatic heterocycles. The van der Waals surface area contributed by atoms with Gasteiger partial charge in [-0.1, -0.05) is 24.3 Å². The third-order valence-corrected chi connectivity index (χ3v) is 3.92. The molecule has 128 valence electrons. The lowest BCUT2D eigenvalue weighted by molar-refractivity contribution is 0.102. The van der Waals surface area contributed by atoms with E-state index in [4.69, 9.17) is 0 Å². The molecule has 4 aromatic rings. The SMILES string of the molecule is O=C(Nc1cccc(F)c1)c1cnn(-c2ccccc2)c1-n1cccc1. The van der Waals surface area contributed by atoms with Crippen LogP contribution in [-0.4, -0.2) is 20.3 Å². The highest BCUT2D eigenvalue weighted by atomic mass is 19.1. The lowest BCUT2D eigenvalue weighted by atomic mass is 10.2. The zero-order valence-electron chi connectivity index (χ0n) is 13.7. The molecular formula is C20H15FN4O. The molecule has 26 heavy (non-hydrogen) atoms. The summed E-state index contributed by atoms with van der Waals surface area (Å²) in [7, 11) is 0. The normalized spacial score (nSPS) is 10.7. The van der Waals surface area contributed by atoms with Crippen LogP contribution in [0.5, 0.6) is 0 Å². The Morgan fingerprint density at radius 2 is 1.73 bits per heavy atom. The van der Waals surface area contributed by atoms with Crippen LogP contribution in [0.25, 0.3) is 11.5 Å². The number of halogens is 1. The number of nitrogens with zero attached hydrogens (tertiary/aromatic N) is 3. The fourth-order valence-corrected chi connectivity index (χ4v) is 2.75. The molecule has 0 aliphatic heterocycles. The summed E-state index contributed by atoms with van der Waals surface area (Å²) in [6.07, 6.45) is 5.20. The largest absolute Gasteiger partial charge is 0.322 e. The molecule has 0 radical (unpaired) electrons. The van der Waals surface area contributed by atoms with Crippen LogP contribution in [0.4, 0.5) is 10.1 Å². The van der Waals surface area contributed by atoms with Gasteiger partial charge in [0.2, 0.25) is 0 Å². The minimum absolute atomic E-state index is 0.360. The molecule has 1 N–H and O–H groups in total. The lowest BCUT2D eigenvalue weighted by Crippen LogP contribution is -2.15. The maximum atomic E-state index is 13.4. The van der Waals surface area contributed by atoms with Crippen molar-refractivity contribution < 1.29 is 9.18 Å². The van der Waals surface area contributed by atoms with Crippen LogP contribution >= 0.6 is 0 Å². The maximum Gasteiger partial charge on any atom is 0.261 e. The topological polar surface area (TPSA) is 51.9 Å². The Hall–Kier alpha value is -3.67. The number of nitrogens with one attached hydrogen (secondary N) is 1. The Morgan fingerprint density at radius 1 is 0.962 bits per heavy atom. The molecule has 0 atom stereocenters. The van der Waals surface area contributed by atoms with E-state index in [9.17, 15) is 9.18 Å². The smallest absolute Gasteiger partial charge is 0.261 e. The predicted molar refractivity (Wildman–Crippen MR) is 97.2 cm³/mol. The first-order chi connectivity index (χ1) is 12.7. The van der Waals surface area contributed by atoms with Crippen molar-refractivity contribution in [3.05, 3.63) is 96.7 Å². The van der Waals surface area contributed by atoms with E-state index >= 15 is 0 Å². The fraction of sp³-hybridized carbons (Fsp3) is 0. The van der Waals surface area contributed by atoms with E-state index in [1.165, 1.54) is 18.3 Å². The van der Waals surface area contributed by atoms with Crippen molar-refractivity contribution in [1.29, 1.82) is 0 Å². The standard InChI is InChI=1S/C20H15FN4O/c21-15-7-6-8-16(13-15)23-19(26)18-14-22-25(17-9-2-1-3-10-17)20(18)24-11-4-5-12-24/h1-14H,(H,23,26). The number of carbonyl (C=O) groups excluding carboxylic acids is 1. The van der Waals surface area contributed by atoms with Gasteiger partial charge in [-0.05, 0) is 42.5 Å². The Kier molecular flexibility index (Phi) is 4.07. The molecule has 2 heterocycles. The Balaban J connectivity index is 1.77. The maximum absolute atomic E-state index is 13.4. The summed E-state index contributed by atoms with van der Waals surface area (Å²) < 4.78 is 16.9. The summed E-state index contributed by atoms with van der Waals surface area (Å²) in [5.41, 5.74) is 1.61. The average molecular weight is 346 g/mol. The van der Waals surface area contributed by atoms with Crippen molar-refractivity contribution in [3.8, 4) is 11.5 Å². The van der Waals surface area contributed by atoms with Crippen LogP contribution < -0.4 is 5.32 Å². The highest BCUT2D eigenvalue weighted by Crippen LogP contribution is 2.21. The molecule has 4 rings (SSSR count). The Bertz CT molecular complexity index is 1040. The molecule has 0 aliphatic carbocycles. The van der Waals surface area contributed by atoms with Crippen LogP contribution in [0.3, 0.4) is 0 Å². The zero-order valence-corrected chi connectivity index (χ0v) is 13.7. The van der Waals surface area contributed by atoms with E-state index < -0.39 is 5.82 Å². The number of carbonyl (C=O) groups is 1. The van der Waals surface area contributed by atoms with Gasteiger partial charge in [-0.15, -0.1) is 0 Å². The predicted octanol–water partition coefficient (Wildman–Crippen LogP) is 4.05. The molecule has 1 amide bonds. The Morgan fingerprint density at radius 3 is 2.46 bits per heavy atom. The van der Waals surface area contributed by atoms with Gasteiger partial charge in [-0.2, -0.15) is 5.10 Å². The summed E-state index contributed by atoms with van der Waals surface area (Å²) in [4.78, 5) is 12.8. The van der Waals surface area contributed by atoms with Crippen LogP contribution in [-0.2, 0) is 0 Å². The third kappa shape index (κ3) is 3.00. The molecule has 0 aliphatic rings. The summed E-state index contributed by atoms with van der Waals surface area (Å²) in [6, 6.07) is 19.1. The first-order valence-electron chi connectivity index (χ1n) is 8.06. The minimum Gasteiger partial charge on any atom is -0.322 e. The second-order valence-electron chi connectivity index (χ2n) is 5.68. The van der Waals surface area contributed by atoms with Crippen molar-refractivity contribution in [2.45, 2.75) is 0 Å². The molecule has 0 spiro atoms. The second-order valence-corrected chi connectivity index (χ2v) is 5.68. The van der Waals surface area contributed by atoms with Gasteiger partial charge in [0.15, 0.2) is 5.82 Å². The van der Waals surface area contributed by atoms with Crippen LogP contribution in [0.1, 0.15) is 10.4 Å². The quantitative estimate of drug-likeness (QED) is 0.606. The third-order valence-electron chi connectivity index (χ3n) is 3.92. The highest BCUT2D eigenvalue weighted by Gasteiger charge is 2.20. The number of amides is 1. The molecule has 5 nitrogen and oxygen atoms in total. The number of aromatic nitrogens is 3. The van der Waals surface area contributed by atoms with E-state index in [0.29, 0.717) is 17.1 Å². The van der Waals surface area contributed by atoms with Crippen LogP contribution in [0.15, 0.2) is 85.3 Å². The molecule has 0 bridgehead atoms. The van der Waals surface area contributed by atoms with Crippen molar-refractivity contribution in [2.75, 3.05) is 5.32 Å². The van der Waals surface area contributed by atoms with Crippen molar-refractivity contribution >= 4 is 11.6 Å². The summed E-state index contributed by atoms with van der Waals surface area (Å²) >= 11 is 0. The van der Waals surface area contributed by atoms with E-state index in [2.05, 4.69) is 10.4 Å². The van der Waals surface area contributed by atoms with Crippen molar-refractivity contribution in [2.24, 2.45) is 0 Å². The zero-order chi connectivity index (χ0) is 17.9. The molecule has 0 saturated carbocycles. The van der Waals surface area contributed by atoms with E-state index in [1.807, 2.05) is 59.4 Å². The molecule has 2 aromatic carbocycles. The number of hydrogen-bond acceptors (Lipinski definition) is 2. The van der Waals surface area contributed by atoms with Gasteiger partial charge in [0.05, 0.1) is 11.9 Å². The molecule has 0 fully saturated rings. The summed E-state index contributed by atoms with van der Waals surface area (Å²) in [6.45, 7) is 0. The van der Waals surface area contributed by atoms with Crippen molar-refractivity contribution in [3.63, 3.8) is 0 Å². The monoisotopic (exact) mass is 346 g/mol. The Labute approximate surface area is 149 Å². The van der Waals surface area contributed by atoms with Gasteiger partial charge in [0.25, 0.3) is 5.91 Å². The van der Waals surface area contributed by atoms with Gasteiger partial charge in [-0.25, -0.2) is 9.07 Å². The fourth-order valence-electron chi connectivity index (χ4n) is 2.75. The molecular weight excluding hydrogens is 331 g/mol. The molecule has 0 unspecified atom stereocenters. The molecule has 0 saturated heterocycles. The minimum atomic E-state index is -0.409. The average Bonchev–Trinajstić information content (AvgIpc) is 3.32. The number of hydrogen-bond donors (Lipinski definition) is 1. The summed E-state index contributed by atoms with van der Waals surface area (Å²) in [5, 5.41) is 7.10. The van der Waals surface area contributed by atoms with E-state index in [-0.39, 0.29) is 5.91 Å². The van der Waals surface area contributed by atoms with Crippen molar-refractivity contribution in [1.82, 2.24) is 14.3 Å².